The number of hydrogen-bond donors (Lipinski definition) is 1. The SMILES string of the molecule is N#CC(=Cc1ccc(OCC(N)=O)cc1)c1nc(-c2ccc(Cl)c(Cl)c2)cs1. The van der Waals surface area contributed by atoms with Crippen LogP contribution in [0.3, 0.4) is 0 Å². The summed E-state index contributed by atoms with van der Waals surface area (Å²) in [5, 5.41) is 12.9. The first kappa shape index (κ1) is 19.9. The number of benzene rings is 2. The third-order valence-corrected chi connectivity index (χ3v) is 5.26. The van der Waals surface area contributed by atoms with Gasteiger partial charge in [-0.3, -0.25) is 4.79 Å². The molecule has 0 radical (unpaired) electrons. The molecule has 3 aromatic rings. The molecule has 0 aliphatic carbocycles. The second-order valence-corrected chi connectivity index (χ2v) is 7.33. The summed E-state index contributed by atoms with van der Waals surface area (Å²) >= 11 is 13.4. The molecule has 0 spiro atoms. The molecule has 8 heteroatoms. The van der Waals surface area contributed by atoms with Gasteiger partial charge in [0.15, 0.2) is 6.61 Å². The van der Waals surface area contributed by atoms with E-state index in [0.29, 0.717) is 26.4 Å². The molecule has 0 aliphatic rings. The van der Waals surface area contributed by atoms with Gasteiger partial charge in [0, 0.05) is 10.9 Å². The van der Waals surface area contributed by atoms with Crippen molar-refractivity contribution in [1.29, 1.82) is 5.26 Å². The Morgan fingerprint density at radius 1 is 1.21 bits per heavy atom. The van der Waals surface area contributed by atoms with E-state index in [9.17, 15) is 10.1 Å². The van der Waals surface area contributed by atoms with Gasteiger partial charge in [-0.15, -0.1) is 11.3 Å². The van der Waals surface area contributed by atoms with Crippen molar-refractivity contribution in [3.8, 4) is 23.1 Å². The van der Waals surface area contributed by atoms with E-state index in [0.717, 1.165) is 16.8 Å². The average molecular weight is 430 g/mol. The van der Waals surface area contributed by atoms with E-state index in [1.165, 1.54) is 11.3 Å². The molecule has 0 aliphatic heterocycles. The Morgan fingerprint density at radius 2 is 1.96 bits per heavy atom. The maximum Gasteiger partial charge on any atom is 0.255 e. The number of thiazole rings is 1. The number of hydrogen-bond acceptors (Lipinski definition) is 5. The number of amides is 1. The molecule has 0 fully saturated rings. The molecule has 1 amide bonds. The predicted octanol–water partition coefficient (Wildman–Crippen LogP) is 5.05. The summed E-state index contributed by atoms with van der Waals surface area (Å²) in [5.74, 6) is -0.0251. The number of ether oxygens (including phenoxy) is 1. The van der Waals surface area contributed by atoms with Gasteiger partial charge in [0.25, 0.3) is 5.91 Å². The minimum Gasteiger partial charge on any atom is -0.484 e. The fraction of sp³-hybridized carbons (Fsp3) is 0.0500. The molecule has 28 heavy (non-hydrogen) atoms. The van der Waals surface area contributed by atoms with Crippen molar-refractivity contribution in [1.82, 2.24) is 4.98 Å². The second-order valence-electron chi connectivity index (χ2n) is 5.66. The zero-order valence-electron chi connectivity index (χ0n) is 14.4. The van der Waals surface area contributed by atoms with E-state index < -0.39 is 5.91 Å². The van der Waals surface area contributed by atoms with Gasteiger partial charge in [-0.05, 0) is 35.9 Å². The molecule has 5 nitrogen and oxygen atoms in total. The molecule has 3 rings (SSSR count). The first-order valence-corrected chi connectivity index (χ1v) is 9.64. The van der Waals surface area contributed by atoms with Crippen LogP contribution in [-0.4, -0.2) is 17.5 Å². The van der Waals surface area contributed by atoms with Gasteiger partial charge in [0.2, 0.25) is 0 Å². The number of aromatic nitrogens is 1. The number of rotatable bonds is 6. The van der Waals surface area contributed by atoms with Crippen molar-refractivity contribution in [2.75, 3.05) is 6.61 Å². The van der Waals surface area contributed by atoms with Gasteiger partial charge in [0.1, 0.15) is 16.8 Å². The van der Waals surface area contributed by atoms with Crippen molar-refractivity contribution in [3.63, 3.8) is 0 Å². The standard InChI is InChI=1S/C20H13Cl2N3O2S/c21-16-6-3-13(8-17(16)22)18-11-28-20(25-18)14(9-23)7-12-1-4-15(5-2-12)27-10-19(24)26/h1-8,11H,10H2,(H2,24,26). The number of halogens is 2. The van der Waals surface area contributed by atoms with E-state index >= 15 is 0 Å². The Balaban J connectivity index is 1.81. The first-order valence-electron chi connectivity index (χ1n) is 8.00. The van der Waals surface area contributed by atoms with Crippen LogP contribution in [0.1, 0.15) is 10.6 Å². The molecule has 0 bridgehead atoms. The zero-order chi connectivity index (χ0) is 20.1. The monoisotopic (exact) mass is 429 g/mol. The number of carbonyl (C=O) groups is 1. The summed E-state index contributed by atoms with van der Waals surface area (Å²) in [6.45, 7) is -0.185. The lowest BCUT2D eigenvalue weighted by Crippen LogP contribution is -2.19. The molecular weight excluding hydrogens is 417 g/mol. The molecule has 0 atom stereocenters. The van der Waals surface area contributed by atoms with E-state index in [4.69, 9.17) is 33.7 Å². The summed E-state index contributed by atoms with van der Waals surface area (Å²) in [4.78, 5) is 15.3. The highest BCUT2D eigenvalue weighted by molar-refractivity contribution is 7.11. The van der Waals surface area contributed by atoms with Crippen LogP contribution in [-0.2, 0) is 4.79 Å². The molecule has 0 unspecified atom stereocenters. The Bertz CT molecular complexity index is 1090. The van der Waals surface area contributed by atoms with Gasteiger partial charge >= 0.3 is 0 Å². The number of nitriles is 1. The highest BCUT2D eigenvalue weighted by Crippen LogP contribution is 2.31. The van der Waals surface area contributed by atoms with Crippen molar-refractivity contribution in [2.24, 2.45) is 5.73 Å². The second kappa shape index (κ2) is 8.89. The largest absolute Gasteiger partial charge is 0.484 e. The lowest BCUT2D eigenvalue weighted by molar-refractivity contribution is -0.119. The molecule has 140 valence electrons. The van der Waals surface area contributed by atoms with Gasteiger partial charge in [0.05, 0.1) is 21.3 Å². The van der Waals surface area contributed by atoms with Crippen molar-refractivity contribution < 1.29 is 9.53 Å². The molecule has 1 heterocycles. The summed E-state index contributed by atoms with van der Waals surface area (Å²) in [6.07, 6.45) is 1.73. The number of carbonyl (C=O) groups excluding carboxylic acids is 1. The highest BCUT2D eigenvalue weighted by Gasteiger charge is 2.10. The van der Waals surface area contributed by atoms with Crippen LogP contribution < -0.4 is 10.5 Å². The summed E-state index contributed by atoms with van der Waals surface area (Å²) in [7, 11) is 0. The van der Waals surface area contributed by atoms with Gasteiger partial charge < -0.3 is 10.5 Å². The fourth-order valence-corrected chi connectivity index (χ4v) is 3.40. The number of allylic oxidation sites excluding steroid dienone is 1. The molecule has 0 saturated heterocycles. The molecule has 2 aromatic carbocycles. The van der Waals surface area contributed by atoms with Crippen molar-refractivity contribution in [2.45, 2.75) is 0 Å². The van der Waals surface area contributed by atoms with Crippen molar-refractivity contribution in [3.05, 3.63) is 68.5 Å². The van der Waals surface area contributed by atoms with Crippen LogP contribution in [0.15, 0.2) is 47.8 Å². The van der Waals surface area contributed by atoms with E-state index in [2.05, 4.69) is 11.1 Å². The number of nitrogens with zero attached hydrogens (tertiary/aromatic N) is 2. The minimum atomic E-state index is -0.544. The van der Waals surface area contributed by atoms with E-state index in [1.54, 1.807) is 42.5 Å². The zero-order valence-corrected chi connectivity index (χ0v) is 16.7. The quantitative estimate of drug-likeness (QED) is 0.555. The van der Waals surface area contributed by atoms with Crippen LogP contribution >= 0.6 is 34.5 Å². The molecule has 1 aromatic heterocycles. The minimum absolute atomic E-state index is 0.185. The van der Waals surface area contributed by atoms with E-state index in [-0.39, 0.29) is 6.61 Å². The Hall–Kier alpha value is -2.85. The molecule has 0 saturated carbocycles. The summed E-state index contributed by atoms with van der Waals surface area (Å²) < 4.78 is 5.22. The maximum absolute atomic E-state index is 10.8. The predicted molar refractivity (Wildman–Crippen MR) is 112 cm³/mol. The topological polar surface area (TPSA) is 89.0 Å². The Kier molecular flexibility index (Phi) is 6.32. The van der Waals surface area contributed by atoms with Crippen LogP contribution in [0.4, 0.5) is 0 Å². The van der Waals surface area contributed by atoms with Crippen LogP contribution in [0.2, 0.25) is 10.0 Å². The normalized spacial score (nSPS) is 11.1. The fourth-order valence-electron chi connectivity index (χ4n) is 2.31. The Morgan fingerprint density at radius 3 is 2.61 bits per heavy atom. The summed E-state index contributed by atoms with van der Waals surface area (Å²) in [5.41, 5.74) is 7.82. The van der Waals surface area contributed by atoms with Gasteiger partial charge in [-0.2, -0.15) is 5.26 Å². The van der Waals surface area contributed by atoms with Crippen LogP contribution in [0.25, 0.3) is 22.9 Å². The van der Waals surface area contributed by atoms with E-state index in [1.807, 2.05) is 11.4 Å². The smallest absolute Gasteiger partial charge is 0.255 e. The first-order chi connectivity index (χ1) is 13.5. The molecule has 2 N–H and O–H groups in total. The number of primary amides is 1. The van der Waals surface area contributed by atoms with Gasteiger partial charge in [-0.25, -0.2) is 4.98 Å². The third kappa shape index (κ3) is 4.90. The lowest BCUT2D eigenvalue weighted by Gasteiger charge is -2.03. The Labute approximate surface area is 175 Å². The number of nitrogens with two attached hydrogens (primary N) is 1. The van der Waals surface area contributed by atoms with Crippen molar-refractivity contribution >= 4 is 52.1 Å². The van der Waals surface area contributed by atoms with Crippen LogP contribution in [0, 0.1) is 11.3 Å². The van der Waals surface area contributed by atoms with Crippen LogP contribution in [0.5, 0.6) is 5.75 Å². The third-order valence-electron chi connectivity index (χ3n) is 3.64. The van der Waals surface area contributed by atoms with Gasteiger partial charge in [-0.1, -0.05) is 41.4 Å². The summed E-state index contributed by atoms with van der Waals surface area (Å²) in [6, 6.07) is 14.4. The average Bonchev–Trinajstić information content (AvgIpc) is 3.17. The lowest BCUT2D eigenvalue weighted by atomic mass is 10.1. The highest BCUT2D eigenvalue weighted by atomic mass is 35.5. The molecular formula is C20H13Cl2N3O2S. The maximum atomic E-state index is 10.8.